The van der Waals surface area contributed by atoms with Gasteiger partial charge in [-0.15, -0.1) is 0 Å². The second-order valence-electron chi connectivity index (χ2n) is 2.74. The molecule has 1 aromatic carbocycles. The van der Waals surface area contributed by atoms with Crippen LogP contribution in [0, 0.1) is 10.1 Å². The number of nitrogens with zero attached hydrogens (tertiary/aromatic N) is 2. The van der Waals surface area contributed by atoms with Gasteiger partial charge in [-0.05, 0) is 12.1 Å². The molecule has 0 unspecified atom stereocenters. The Bertz CT molecular complexity index is 438. The maximum absolute atomic E-state index is 11.1. The first-order chi connectivity index (χ1) is 7.60. The molecule has 0 atom stereocenters. The predicted octanol–water partition coefficient (Wildman–Crippen LogP) is 0.946. The first kappa shape index (κ1) is 11.6. The van der Waals surface area contributed by atoms with E-state index in [0.29, 0.717) is 0 Å². The van der Waals surface area contributed by atoms with E-state index in [2.05, 4.69) is 9.89 Å². The lowest BCUT2D eigenvalue weighted by atomic mass is 10.1. The zero-order valence-corrected chi connectivity index (χ0v) is 8.28. The molecule has 0 aliphatic heterocycles. The number of ether oxygens (including phenoxy) is 1. The highest BCUT2D eigenvalue weighted by atomic mass is 16.6. The van der Waals surface area contributed by atoms with Gasteiger partial charge in [0.1, 0.15) is 0 Å². The molecule has 0 spiro atoms. The molecule has 1 aromatic rings. The minimum absolute atomic E-state index is 0.120. The zero-order valence-electron chi connectivity index (χ0n) is 8.28. The molecule has 0 aliphatic carbocycles. The second-order valence-corrected chi connectivity index (χ2v) is 2.74. The third-order valence-corrected chi connectivity index (χ3v) is 1.83. The van der Waals surface area contributed by atoms with E-state index in [1.54, 1.807) is 0 Å². The summed E-state index contributed by atoms with van der Waals surface area (Å²) in [4.78, 5) is 20.9. The zero-order chi connectivity index (χ0) is 12.1. The number of methoxy groups -OCH3 is 1. The smallest absolute Gasteiger partial charge is 0.360 e. The number of hydrogen-bond acceptors (Lipinski definition) is 6. The molecule has 0 heterocycles. The average Bonchev–Trinajstić information content (AvgIpc) is 2.30. The van der Waals surface area contributed by atoms with Gasteiger partial charge in [0.2, 0.25) is 0 Å². The van der Waals surface area contributed by atoms with Crippen molar-refractivity contribution >= 4 is 17.4 Å². The van der Waals surface area contributed by atoms with Crippen LogP contribution in [0.4, 0.5) is 5.69 Å². The molecule has 0 saturated heterocycles. The minimum Gasteiger partial charge on any atom is -0.464 e. The highest BCUT2D eigenvalue weighted by Crippen LogP contribution is 2.12. The van der Waals surface area contributed by atoms with Crippen LogP contribution >= 0.6 is 0 Å². The minimum atomic E-state index is -0.823. The summed E-state index contributed by atoms with van der Waals surface area (Å²) in [5.41, 5.74) is -0.191. The van der Waals surface area contributed by atoms with E-state index in [9.17, 15) is 14.9 Å². The third-order valence-electron chi connectivity index (χ3n) is 1.83. The molecule has 0 fully saturated rings. The molecule has 0 amide bonds. The van der Waals surface area contributed by atoms with Crippen molar-refractivity contribution in [1.29, 1.82) is 0 Å². The summed E-state index contributed by atoms with van der Waals surface area (Å²) in [5, 5.41) is 21.8. The Hall–Kier alpha value is -2.44. The van der Waals surface area contributed by atoms with Gasteiger partial charge in [-0.3, -0.25) is 10.1 Å². The van der Waals surface area contributed by atoms with Crippen molar-refractivity contribution in [2.24, 2.45) is 5.16 Å². The van der Waals surface area contributed by atoms with E-state index in [-0.39, 0.29) is 17.0 Å². The molecular weight excluding hydrogens is 216 g/mol. The lowest BCUT2D eigenvalue weighted by molar-refractivity contribution is -0.384. The SMILES string of the molecule is COC(=O)/C(=N/O)c1ccc([N+](=O)[O-])cc1. The maximum Gasteiger partial charge on any atom is 0.360 e. The molecule has 0 aromatic heterocycles. The van der Waals surface area contributed by atoms with E-state index in [1.807, 2.05) is 0 Å². The second kappa shape index (κ2) is 4.87. The number of non-ortho nitro benzene ring substituents is 1. The number of nitro groups is 1. The summed E-state index contributed by atoms with van der Waals surface area (Å²) in [7, 11) is 1.14. The van der Waals surface area contributed by atoms with Crippen LogP contribution in [0.3, 0.4) is 0 Å². The fourth-order valence-electron chi connectivity index (χ4n) is 1.05. The Morgan fingerprint density at radius 2 is 2.00 bits per heavy atom. The summed E-state index contributed by atoms with van der Waals surface area (Å²) >= 11 is 0. The summed E-state index contributed by atoms with van der Waals surface area (Å²) in [6.45, 7) is 0. The van der Waals surface area contributed by atoms with Gasteiger partial charge in [0, 0.05) is 17.7 Å². The van der Waals surface area contributed by atoms with Crippen molar-refractivity contribution in [2.45, 2.75) is 0 Å². The Morgan fingerprint density at radius 3 is 2.38 bits per heavy atom. The Kier molecular flexibility index (Phi) is 3.54. The first-order valence-electron chi connectivity index (χ1n) is 4.15. The van der Waals surface area contributed by atoms with Gasteiger partial charge in [-0.2, -0.15) is 0 Å². The van der Waals surface area contributed by atoms with Crippen molar-refractivity contribution in [3.05, 3.63) is 39.9 Å². The Balaban J connectivity index is 3.05. The van der Waals surface area contributed by atoms with Gasteiger partial charge in [0.05, 0.1) is 12.0 Å². The van der Waals surface area contributed by atoms with Gasteiger partial charge >= 0.3 is 5.97 Å². The fourth-order valence-corrected chi connectivity index (χ4v) is 1.05. The van der Waals surface area contributed by atoms with Gasteiger partial charge in [0.15, 0.2) is 5.71 Å². The maximum atomic E-state index is 11.1. The fraction of sp³-hybridized carbons (Fsp3) is 0.111. The monoisotopic (exact) mass is 224 g/mol. The standard InChI is InChI=1S/C9H8N2O5/c1-16-9(12)8(10-13)6-2-4-7(5-3-6)11(14)15/h2-5,13H,1H3/b10-8+. The van der Waals surface area contributed by atoms with E-state index < -0.39 is 10.9 Å². The van der Waals surface area contributed by atoms with E-state index in [4.69, 9.17) is 5.21 Å². The highest BCUT2D eigenvalue weighted by Gasteiger charge is 2.16. The third kappa shape index (κ3) is 2.32. The molecular formula is C9H8N2O5. The Labute approximate surface area is 90.1 Å². The van der Waals surface area contributed by atoms with Crippen LogP contribution in [0.15, 0.2) is 29.4 Å². The van der Waals surface area contributed by atoms with Gasteiger partial charge < -0.3 is 9.94 Å². The number of esters is 1. The molecule has 0 saturated carbocycles. The number of rotatable bonds is 3. The number of nitro benzene ring substituents is 1. The molecule has 1 rings (SSSR count). The van der Waals surface area contributed by atoms with Crippen LogP contribution in [-0.4, -0.2) is 28.9 Å². The van der Waals surface area contributed by atoms with Crippen LogP contribution in [0.25, 0.3) is 0 Å². The summed E-state index contributed by atoms with van der Waals surface area (Å²) in [6.07, 6.45) is 0. The number of hydrogen-bond donors (Lipinski definition) is 1. The lowest BCUT2D eigenvalue weighted by Gasteiger charge is -2.01. The largest absolute Gasteiger partial charge is 0.464 e. The molecule has 0 radical (unpaired) electrons. The summed E-state index contributed by atoms with van der Waals surface area (Å²) < 4.78 is 4.37. The predicted molar refractivity (Wildman–Crippen MR) is 53.4 cm³/mol. The summed E-state index contributed by atoms with van der Waals surface area (Å²) in [6, 6.07) is 4.99. The Morgan fingerprint density at radius 1 is 1.44 bits per heavy atom. The molecule has 84 valence electrons. The summed E-state index contributed by atoms with van der Waals surface area (Å²) in [5.74, 6) is -0.823. The molecule has 0 aliphatic rings. The topological polar surface area (TPSA) is 102 Å². The van der Waals surface area contributed by atoms with Crippen molar-refractivity contribution in [3.8, 4) is 0 Å². The van der Waals surface area contributed by atoms with Crippen molar-refractivity contribution < 1.29 is 19.7 Å². The van der Waals surface area contributed by atoms with Crippen LogP contribution in [0.5, 0.6) is 0 Å². The highest BCUT2D eigenvalue weighted by molar-refractivity contribution is 6.43. The van der Waals surface area contributed by atoms with Crippen LogP contribution in [0.2, 0.25) is 0 Å². The number of carbonyl (C=O) groups is 1. The lowest BCUT2D eigenvalue weighted by Crippen LogP contribution is -2.17. The van der Waals surface area contributed by atoms with Gasteiger partial charge in [0.25, 0.3) is 5.69 Å². The van der Waals surface area contributed by atoms with Gasteiger partial charge in [-0.25, -0.2) is 4.79 Å². The van der Waals surface area contributed by atoms with E-state index >= 15 is 0 Å². The number of carbonyl (C=O) groups excluding carboxylic acids is 1. The number of oxime groups is 1. The van der Waals surface area contributed by atoms with Crippen molar-refractivity contribution in [2.75, 3.05) is 7.11 Å². The molecule has 0 bridgehead atoms. The van der Waals surface area contributed by atoms with Crippen molar-refractivity contribution in [3.63, 3.8) is 0 Å². The van der Waals surface area contributed by atoms with Gasteiger partial charge in [-0.1, -0.05) is 5.16 Å². The van der Waals surface area contributed by atoms with Crippen molar-refractivity contribution in [1.82, 2.24) is 0 Å². The van der Waals surface area contributed by atoms with E-state index in [1.165, 1.54) is 24.3 Å². The van der Waals surface area contributed by atoms with Crippen LogP contribution in [-0.2, 0) is 9.53 Å². The van der Waals surface area contributed by atoms with E-state index in [0.717, 1.165) is 7.11 Å². The quantitative estimate of drug-likeness (QED) is 0.270. The first-order valence-corrected chi connectivity index (χ1v) is 4.15. The molecule has 16 heavy (non-hydrogen) atoms. The number of benzene rings is 1. The van der Waals surface area contributed by atoms with Crippen LogP contribution < -0.4 is 0 Å². The van der Waals surface area contributed by atoms with Crippen LogP contribution in [0.1, 0.15) is 5.56 Å². The normalized spacial score (nSPS) is 10.9. The average molecular weight is 224 g/mol. The molecule has 7 heteroatoms. The molecule has 1 N–H and O–H groups in total. The molecule has 7 nitrogen and oxygen atoms in total.